The quantitative estimate of drug-likeness (QED) is 0.681. The van der Waals surface area contributed by atoms with Crippen LogP contribution in [0, 0.1) is 24.1 Å². The number of halogens is 1. The van der Waals surface area contributed by atoms with Crippen LogP contribution in [-0.4, -0.2) is 0 Å². The molecule has 2 aromatic rings. The van der Waals surface area contributed by atoms with Crippen molar-refractivity contribution in [2.45, 2.75) is 17.6 Å². The fourth-order valence-corrected chi connectivity index (χ4v) is 2.78. The van der Waals surface area contributed by atoms with Crippen LogP contribution in [0.25, 0.3) is 0 Å². The van der Waals surface area contributed by atoms with Crippen LogP contribution in [0.3, 0.4) is 0 Å². The molecule has 2 aromatic carbocycles. The van der Waals surface area contributed by atoms with Gasteiger partial charge in [-0.05, 0) is 42.3 Å². The van der Waals surface area contributed by atoms with Crippen molar-refractivity contribution < 1.29 is 4.39 Å². The molecule has 0 heterocycles. The second-order valence-corrected chi connectivity index (χ2v) is 5.24. The van der Waals surface area contributed by atoms with E-state index in [4.69, 9.17) is 11.0 Å². The van der Waals surface area contributed by atoms with Crippen molar-refractivity contribution in [3.8, 4) is 6.07 Å². The summed E-state index contributed by atoms with van der Waals surface area (Å²) in [7, 11) is 0. The van der Waals surface area contributed by atoms with Gasteiger partial charge in [0.2, 0.25) is 0 Å². The first kappa shape index (κ1) is 13.4. The standard InChI is InChI=1S/C15H13FN2S/c1-10-2-5-14(18)7-15(10)19-9-11-3-4-13(16)6-12(11)8-17/h2-7H,9,18H2,1H3. The van der Waals surface area contributed by atoms with E-state index in [9.17, 15) is 4.39 Å². The van der Waals surface area contributed by atoms with Crippen LogP contribution < -0.4 is 5.73 Å². The van der Waals surface area contributed by atoms with Gasteiger partial charge >= 0.3 is 0 Å². The molecule has 0 saturated carbocycles. The van der Waals surface area contributed by atoms with Crippen LogP contribution in [0.5, 0.6) is 0 Å². The van der Waals surface area contributed by atoms with E-state index < -0.39 is 0 Å². The number of thioether (sulfide) groups is 1. The van der Waals surface area contributed by atoms with Gasteiger partial charge in [0.15, 0.2) is 0 Å². The van der Waals surface area contributed by atoms with E-state index in [0.717, 1.165) is 16.0 Å². The van der Waals surface area contributed by atoms with E-state index in [0.29, 0.717) is 17.0 Å². The summed E-state index contributed by atoms with van der Waals surface area (Å²) in [5.74, 6) is 0.235. The lowest BCUT2D eigenvalue weighted by molar-refractivity contribution is 0.627. The van der Waals surface area contributed by atoms with E-state index in [1.54, 1.807) is 17.8 Å². The fourth-order valence-electron chi connectivity index (χ4n) is 1.71. The Morgan fingerprint density at radius 2 is 2.05 bits per heavy atom. The summed E-state index contributed by atoms with van der Waals surface area (Å²) in [6.45, 7) is 2.01. The highest BCUT2D eigenvalue weighted by Gasteiger charge is 2.06. The molecule has 0 amide bonds. The Balaban J connectivity index is 2.19. The normalized spacial score (nSPS) is 10.2. The molecule has 0 aliphatic carbocycles. The second kappa shape index (κ2) is 5.77. The van der Waals surface area contributed by atoms with Gasteiger partial charge in [-0.2, -0.15) is 5.26 Å². The molecule has 0 spiro atoms. The van der Waals surface area contributed by atoms with Crippen molar-refractivity contribution in [2.24, 2.45) is 0 Å². The minimum absolute atomic E-state index is 0.383. The zero-order chi connectivity index (χ0) is 13.8. The van der Waals surface area contributed by atoms with Gasteiger partial charge in [-0.15, -0.1) is 11.8 Å². The third kappa shape index (κ3) is 3.27. The van der Waals surface area contributed by atoms with Crippen molar-refractivity contribution in [1.29, 1.82) is 5.26 Å². The van der Waals surface area contributed by atoms with Crippen LogP contribution in [-0.2, 0) is 5.75 Å². The number of nitriles is 1. The molecule has 0 bridgehead atoms. The molecule has 96 valence electrons. The van der Waals surface area contributed by atoms with E-state index in [-0.39, 0.29) is 5.82 Å². The molecule has 0 aromatic heterocycles. The summed E-state index contributed by atoms with van der Waals surface area (Å²) in [4.78, 5) is 1.08. The molecular formula is C15H13FN2S. The topological polar surface area (TPSA) is 49.8 Å². The van der Waals surface area contributed by atoms with Gasteiger partial charge in [-0.1, -0.05) is 12.1 Å². The largest absolute Gasteiger partial charge is 0.399 e. The van der Waals surface area contributed by atoms with Crippen molar-refractivity contribution in [1.82, 2.24) is 0 Å². The van der Waals surface area contributed by atoms with E-state index >= 15 is 0 Å². The smallest absolute Gasteiger partial charge is 0.124 e. The molecule has 19 heavy (non-hydrogen) atoms. The predicted molar refractivity (Wildman–Crippen MR) is 76.3 cm³/mol. The molecule has 0 unspecified atom stereocenters. The predicted octanol–water partition coefficient (Wildman–Crippen LogP) is 3.88. The number of hydrogen-bond donors (Lipinski definition) is 1. The first-order valence-corrected chi connectivity index (χ1v) is 6.76. The summed E-state index contributed by atoms with van der Waals surface area (Å²) in [6.07, 6.45) is 0. The Morgan fingerprint density at radius 3 is 2.79 bits per heavy atom. The van der Waals surface area contributed by atoms with E-state index in [2.05, 4.69) is 0 Å². The minimum atomic E-state index is -0.384. The molecule has 0 saturated heterocycles. The molecule has 0 atom stereocenters. The summed E-state index contributed by atoms with van der Waals surface area (Å²) in [6, 6.07) is 12.1. The Bertz CT molecular complexity index is 647. The fraction of sp³-hybridized carbons (Fsp3) is 0.133. The number of nitrogens with two attached hydrogens (primary N) is 1. The number of rotatable bonds is 3. The number of aryl methyl sites for hydroxylation is 1. The van der Waals surface area contributed by atoms with Crippen molar-refractivity contribution in [3.05, 3.63) is 58.9 Å². The van der Waals surface area contributed by atoms with Gasteiger partial charge in [0, 0.05) is 16.3 Å². The molecule has 2 N–H and O–H groups in total. The lowest BCUT2D eigenvalue weighted by Crippen LogP contribution is -1.91. The Hall–Kier alpha value is -1.99. The minimum Gasteiger partial charge on any atom is -0.399 e. The monoisotopic (exact) mass is 272 g/mol. The molecule has 0 radical (unpaired) electrons. The number of hydrogen-bond acceptors (Lipinski definition) is 3. The maximum absolute atomic E-state index is 13.0. The lowest BCUT2D eigenvalue weighted by Gasteiger charge is -2.08. The van der Waals surface area contributed by atoms with Crippen LogP contribution in [0.1, 0.15) is 16.7 Å². The first-order valence-electron chi connectivity index (χ1n) is 5.77. The second-order valence-electron chi connectivity index (χ2n) is 4.23. The van der Waals surface area contributed by atoms with Gasteiger partial charge in [0.1, 0.15) is 5.82 Å². The Labute approximate surface area is 116 Å². The zero-order valence-electron chi connectivity index (χ0n) is 10.5. The highest BCUT2D eigenvalue weighted by atomic mass is 32.2. The maximum Gasteiger partial charge on any atom is 0.124 e. The number of nitrogens with zero attached hydrogens (tertiary/aromatic N) is 1. The average Bonchev–Trinajstić information content (AvgIpc) is 2.40. The molecule has 2 rings (SSSR count). The van der Waals surface area contributed by atoms with Gasteiger partial charge < -0.3 is 5.73 Å². The number of nitrogen functional groups attached to an aromatic ring is 1. The average molecular weight is 272 g/mol. The Kier molecular flexibility index (Phi) is 4.08. The zero-order valence-corrected chi connectivity index (χ0v) is 11.3. The summed E-state index contributed by atoms with van der Waals surface area (Å²) >= 11 is 1.60. The SMILES string of the molecule is Cc1ccc(N)cc1SCc1ccc(F)cc1C#N. The molecular weight excluding hydrogens is 259 g/mol. The molecule has 4 heteroatoms. The van der Waals surface area contributed by atoms with Crippen molar-refractivity contribution >= 4 is 17.4 Å². The van der Waals surface area contributed by atoms with E-state index in [1.165, 1.54) is 12.1 Å². The third-order valence-corrected chi connectivity index (χ3v) is 3.99. The van der Waals surface area contributed by atoms with Crippen LogP contribution in [0.4, 0.5) is 10.1 Å². The number of benzene rings is 2. The molecule has 0 aliphatic rings. The van der Waals surface area contributed by atoms with Gasteiger partial charge in [-0.25, -0.2) is 4.39 Å². The van der Waals surface area contributed by atoms with Crippen LogP contribution >= 0.6 is 11.8 Å². The van der Waals surface area contributed by atoms with Gasteiger partial charge in [-0.3, -0.25) is 0 Å². The van der Waals surface area contributed by atoms with Gasteiger partial charge in [0.25, 0.3) is 0 Å². The van der Waals surface area contributed by atoms with E-state index in [1.807, 2.05) is 31.2 Å². The Morgan fingerprint density at radius 1 is 1.26 bits per heavy atom. The van der Waals surface area contributed by atoms with Crippen LogP contribution in [0.15, 0.2) is 41.3 Å². The molecule has 0 aliphatic heterocycles. The summed E-state index contributed by atoms with van der Waals surface area (Å²) in [5.41, 5.74) is 8.82. The van der Waals surface area contributed by atoms with Crippen molar-refractivity contribution in [3.63, 3.8) is 0 Å². The molecule has 2 nitrogen and oxygen atoms in total. The lowest BCUT2D eigenvalue weighted by atomic mass is 10.1. The third-order valence-electron chi connectivity index (χ3n) is 2.79. The molecule has 0 fully saturated rings. The highest BCUT2D eigenvalue weighted by molar-refractivity contribution is 7.98. The summed E-state index contributed by atoms with van der Waals surface area (Å²) < 4.78 is 13.0. The van der Waals surface area contributed by atoms with Gasteiger partial charge in [0.05, 0.1) is 11.6 Å². The maximum atomic E-state index is 13.0. The van der Waals surface area contributed by atoms with Crippen LogP contribution in [0.2, 0.25) is 0 Å². The summed E-state index contributed by atoms with van der Waals surface area (Å²) in [5, 5.41) is 8.99. The van der Waals surface area contributed by atoms with Crippen molar-refractivity contribution in [2.75, 3.05) is 5.73 Å². The number of anilines is 1. The first-order chi connectivity index (χ1) is 9.10. The highest BCUT2D eigenvalue weighted by Crippen LogP contribution is 2.28.